The van der Waals surface area contributed by atoms with Crippen molar-refractivity contribution in [2.24, 2.45) is 5.92 Å². The smallest absolute Gasteiger partial charge is 0.243 e. The molecule has 1 aromatic rings. The predicted molar refractivity (Wildman–Crippen MR) is 88.8 cm³/mol. The zero-order valence-corrected chi connectivity index (χ0v) is 14.7. The number of hydrogen-bond donors (Lipinski definition) is 1. The fourth-order valence-electron chi connectivity index (χ4n) is 2.58. The maximum Gasteiger partial charge on any atom is 0.243 e. The summed E-state index contributed by atoms with van der Waals surface area (Å²) in [5.74, 6) is 0.379. The van der Waals surface area contributed by atoms with Gasteiger partial charge in [0.25, 0.3) is 0 Å². The van der Waals surface area contributed by atoms with E-state index in [1.54, 1.807) is 22.5 Å². The molecule has 0 aromatic heterocycles. The quantitative estimate of drug-likeness (QED) is 0.906. The van der Waals surface area contributed by atoms with E-state index >= 15 is 0 Å². The van der Waals surface area contributed by atoms with Crippen LogP contribution in [-0.2, 0) is 10.0 Å². The van der Waals surface area contributed by atoms with Crippen LogP contribution in [0.2, 0.25) is 5.02 Å². The van der Waals surface area contributed by atoms with Crippen LogP contribution < -0.4 is 5.32 Å². The number of benzene rings is 1. The number of nitrogens with zero attached hydrogens (tertiary/aromatic N) is 1. The van der Waals surface area contributed by atoms with E-state index in [0.717, 1.165) is 24.9 Å². The van der Waals surface area contributed by atoms with Crippen molar-refractivity contribution in [3.05, 3.63) is 28.8 Å². The Morgan fingerprint density at radius 3 is 2.76 bits per heavy atom. The summed E-state index contributed by atoms with van der Waals surface area (Å²) >= 11 is 6.04. The lowest BCUT2D eigenvalue weighted by molar-refractivity contribution is 0.263. The molecule has 1 atom stereocenters. The van der Waals surface area contributed by atoms with Gasteiger partial charge in [-0.1, -0.05) is 17.7 Å². The summed E-state index contributed by atoms with van der Waals surface area (Å²) in [6.45, 7) is 3.88. The van der Waals surface area contributed by atoms with Crippen molar-refractivity contribution in [2.45, 2.75) is 24.7 Å². The minimum Gasteiger partial charge on any atom is -0.319 e. The molecule has 0 saturated carbocycles. The summed E-state index contributed by atoms with van der Waals surface area (Å²) < 4.78 is 26.9. The van der Waals surface area contributed by atoms with Gasteiger partial charge in [0.15, 0.2) is 0 Å². The van der Waals surface area contributed by atoms with E-state index in [1.807, 2.05) is 14.0 Å². The van der Waals surface area contributed by atoms with Crippen LogP contribution in [0.25, 0.3) is 0 Å². The van der Waals surface area contributed by atoms with Crippen molar-refractivity contribution in [1.29, 1.82) is 0 Å². The van der Waals surface area contributed by atoms with Gasteiger partial charge in [0.2, 0.25) is 10.0 Å². The van der Waals surface area contributed by atoms with Crippen molar-refractivity contribution in [3.8, 4) is 0 Å². The van der Waals surface area contributed by atoms with Gasteiger partial charge in [-0.25, -0.2) is 8.42 Å². The van der Waals surface area contributed by atoms with Crippen LogP contribution in [-0.4, -0.2) is 39.4 Å². The van der Waals surface area contributed by atoms with E-state index in [9.17, 15) is 8.42 Å². The van der Waals surface area contributed by atoms with Crippen molar-refractivity contribution in [1.82, 2.24) is 9.62 Å². The molecule has 0 bridgehead atoms. The highest BCUT2D eigenvalue weighted by Crippen LogP contribution is 2.26. The molecule has 0 radical (unpaired) electrons. The normalized spacial score (nSPS) is 20.0. The second-order valence-electron chi connectivity index (χ2n) is 5.34. The molecule has 0 amide bonds. The van der Waals surface area contributed by atoms with E-state index < -0.39 is 10.0 Å². The molecule has 120 valence electrons. The number of hydrogen-bond acceptors (Lipinski definition) is 3. The summed E-state index contributed by atoms with van der Waals surface area (Å²) in [5, 5.41) is 3.62. The number of rotatable bonds is 4. The Kier molecular flexibility index (Phi) is 6.94. The zero-order valence-electron chi connectivity index (χ0n) is 12.3. The molecular formula is C14H22Cl2N2O2S. The molecule has 7 heteroatoms. The van der Waals surface area contributed by atoms with Crippen LogP contribution in [0.3, 0.4) is 0 Å². The number of nitrogens with one attached hydrogen (secondary N) is 1. The van der Waals surface area contributed by atoms with Gasteiger partial charge in [-0.3, -0.25) is 0 Å². The topological polar surface area (TPSA) is 49.4 Å². The van der Waals surface area contributed by atoms with Gasteiger partial charge in [0.1, 0.15) is 0 Å². The second kappa shape index (κ2) is 7.79. The fraction of sp³-hybridized carbons (Fsp3) is 0.571. The van der Waals surface area contributed by atoms with E-state index in [2.05, 4.69) is 5.32 Å². The second-order valence-corrected chi connectivity index (χ2v) is 7.69. The first kappa shape index (κ1) is 18.7. The van der Waals surface area contributed by atoms with Crippen LogP contribution in [0, 0.1) is 12.8 Å². The third-order valence-electron chi connectivity index (χ3n) is 3.76. The van der Waals surface area contributed by atoms with Gasteiger partial charge in [-0.05, 0) is 57.0 Å². The lowest BCUT2D eigenvalue weighted by Crippen LogP contribution is -2.42. The van der Waals surface area contributed by atoms with Crippen LogP contribution in [0.5, 0.6) is 0 Å². The predicted octanol–water partition coefficient (Wildman–Crippen LogP) is 2.69. The van der Waals surface area contributed by atoms with E-state index in [1.165, 1.54) is 0 Å². The monoisotopic (exact) mass is 352 g/mol. The first-order valence-electron chi connectivity index (χ1n) is 6.86. The largest absolute Gasteiger partial charge is 0.319 e. The first-order valence-corrected chi connectivity index (χ1v) is 8.68. The molecule has 1 N–H and O–H groups in total. The molecule has 21 heavy (non-hydrogen) atoms. The number of halogens is 2. The molecular weight excluding hydrogens is 331 g/mol. The standard InChI is InChI=1S/C14H21ClN2O2S.ClH/c1-11-5-6-13(8-14(11)15)20(18,19)17-7-3-4-12(10-17)9-16-2;/h5-6,8,12,16H,3-4,7,9-10H2,1-2H3;1H. The Labute approximate surface area is 138 Å². The summed E-state index contributed by atoms with van der Waals surface area (Å²) in [5.41, 5.74) is 0.886. The average molecular weight is 353 g/mol. The molecule has 1 fully saturated rings. The number of piperidine rings is 1. The summed E-state index contributed by atoms with van der Waals surface area (Å²) in [7, 11) is -1.54. The minimum atomic E-state index is -3.43. The fourth-order valence-corrected chi connectivity index (χ4v) is 4.41. The van der Waals surface area contributed by atoms with E-state index in [0.29, 0.717) is 28.9 Å². The summed E-state index contributed by atoms with van der Waals surface area (Å²) in [6.07, 6.45) is 1.98. The van der Waals surface area contributed by atoms with Crippen molar-refractivity contribution < 1.29 is 8.42 Å². The van der Waals surface area contributed by atoms with E-state index in [4.69, 9.17) is 11.6 Å². The van der Waals surface area contributed by atoms with Gasteiger partial charge in [0, 0.05) is 18.1 Å². The number of aryl methyl sites for hydroxylation is 1. The minimum absolute atomic E-state index is 0. The molecule has 0 aliphatic carbocycles. The highest BCUT2D eigenvalue weighted by molar-refractivity contribution is 7.89. The molecule has 1 saturated heterocycles. The molecule has 4 nitrogen and oxygen atoms in total. The van der Waals surface area contributed by atoms with Crippen molar-refractivity contribution in [2.75, 3.05) is 26.7 Å². The van der Waals surface area contributed by atoms with Gasteiger partial charge in [-0.15, -0.1) is 12.4 Å². The molecule has 0 spiro atoms. The Morgan fingerprint density at radius 1 is 1.43 bits per heavy atom. The Morgan fingerprint density at radius 2 is 2.14 bits per heavy atom. The van der Waals surface area contributed by atoms with Crippen LogP contribution in [0.1, 0.15) is 18.4 Å². The Bertz CT molecular complexity index is 576. The van der Waals surface area contributed by atoms with Crippen molar-refractivity contribution >= 4 is 34.0 Å². The summed E-state index contributed by atoms with van der Waals surface area (Å²) in [6, 6.07) is 4.94. The van der Waals surface area contributed by atoms with Gasteiger partial charge >= 0.3 is 0 Å². The van der Waals surface area contributed by atoms with Crippen LogP contribution in [0.15, 0.2) is 23.1 Å². The van der Waals surface area contributed by atoms with Gasteiger partial charge in [0.05, 0.1) is 4.90 Å². The maximum absolute atomic E-state index is 12.6. The third kappa shape index (κ3) is 4.33. The number of sulfonamides is 1. The maximum atomic E-state index is 12.6. The Hall–Kier alpha value is -0.330. The molecule has 1 aliphatic heterocycles. The van der Waals surface area contributed by atoms with Crippen LogP contribution >= 0.6 is 24.0 Å². The molecule has 1 heterocycles. The zero-order chi connectivity index (χ0) is 14.8. The lowest BCUT2D eigenvalue weighted by atomic mass is 10.00. The lowest BCUT2D eigenvalue weighted by Gasteiger charge is -2.31. The van der Waals surface area contributed by atoms with Crippen LogP contribution in [0.4, 0.5) is 0 Å². The highest BCUT2D eigenvalue weighted by Gasteiger charge is 2.30. The molecule has 1 aromatic carbocycles. The van der Waals surface area contributed by atoms with E-state index in [-0.39, 0.29) is 12.4 Å². The first-order chi connectivity index (χ1) is 9.45. The average Bonchev–Trinajstić information content (AvgIpc) is 2.42. The van der Waals surface area contributed by atoms with Crippen molar-refractivity contribution in [3.63, 3.8) is 0 Å². The van der Waals surface area contributed by atoms with Gasteiger partial charge < -0.3 is 5.32 Å². The van der Waals surface area contributed by atoms with Gasteiger partial charge in [-0.2, -0.15) is 4.31 Å². The highest BCUT2D eigenvalue weighted by atomic mass is 35.5. The SMILES string of the molecule is CNCC1CCCN(S(=O)(=O)c2ccc(C)c(Cl)c2)C1.Cl. The molecule has 2 rings (SSSR count). The molecule has 1 unspecified atom stereocenters. The molecule has 1 aliphatic rings. The Balaban J connectivity index is 0.00000220. The third-order valence-corrected chi connectivity index (χ3v) is 6.02. The summed E-state index contributed by atoms with van der Waals surface area (Å²) in [4.78, 5) is 0.290.